The van der Waals surface area contributed by atoms with E-state index in [9.17, 15) is 4.79 Å². The van der Waals surface area contributed by atoms with Gasteiger partial charge in [0.05, 0.1) is 23.2 Å². The minimum atomic E-state index is -0.189. The Morgan fingerprint density at radius 2 is 1.73 bits per heavy atom. The van der Waals surface area contributed by atoms with Gasteiger partial charge in [0.1, 0.15) is 5.69 Å². The average Bonchev–Trinajstić information content (AvgIpc) is 3.54. The molecule has 0 atom stereocenters. The topological polar surface area (TPSA) is 92.0 Å². The largest absolute Gasteiger partial charge is 0.463 e. The minimum Gasteiger partial charge on any atom is -0.463 e. The highest BCUT2D eigenvalue weighted by Crippen LogP contribution is 2.23. The molecule has 5 rings (SSSR count). The van der Waals surface area contributed by atoms with Gasteiger partial charge in [0.15, 0.2) is 11.6 Å². The lowest BCUT2D eigenvalue weighted by atomic mass is 10.1. The number of nitrogens with one attached hydrogen (secondary N) is 2. The van der Waals surface area contributed by atoms with Crippen molar-refractivity contribution in [2.24, 2.45) is 4.99 Å². The summed E-state index contributed by atoms with van der Waals surface area (Å²) in [5.41, 5.74) is 3.31. The molecule has 5 aromatic rings. The first-order chi connectivity index (χ1) is 14.8. The smallest absolute Gasteiger partial charge is 0.280 e. The number of aromatic amines is 2. The molecule has 30 heavy (non-hydrogen) atoms. The number of aliphatic imine (C=N–C) groups is 1. The molecule has 2 aromatic carbocycles. The van der Waals surface area contributed by atoms with E-state index in [4.69, 9.17) is 4.42 Å². The van der Waals surface area contributed by atoms with Crippen LogP contribution in [0.3, 0.4) is 0 Å². The van der Waals surface area contributed by atoms with Gasteiger partial charge in [-0.25, -0.2) is 9.67 Å². The van der Waals surface area contributed by atoms with Gasteiger partial charge >= 0.3 is 0 Å². The summed E-state index contributed by atoms with van der Waals surface area (Å²) in [4.78, 5) is 17.6. The van der Waals surface area contributed by atoms with Crippen LogP contribution in [-0.2, 0) is 0 Å². The van der Waals surface area contributed by atoms with E-state index in [0.29, 0.717) is 28.5 Å². The van der Waals surface area contributed by atoms with Gasteiger partial charge in [-0.2, -0.15) is 5.10 Å². The zero-order valence-electron chi connectivity index (χ0n) is 15.8. The Bertz CT molecular complexity index is 1340. The molecule has 146 valence electrons. The van der Waals surface area contributed by atoms with Crippen LogP contribution in [0.4, 0.5) is 5.82 Å². The first kappa shape index (κ1) is 17.7. The van der Waals surface area contributed by atoms with E-state index >= 15 is 0 Å². The third-order valence-electron chi connectivity index (χ3n) is 4.68. The Morgan fingerprint density at radius 1 is 0.967 bits per heavy atom. The summed E-state index contributed by atoms with van der Waals surface area (Å²) >= 11 is 0. The van der Waals surface area contributed by atoms with E-state index in [0.717, 1.165) is 11.3 Å². The maximum absolute atomic E-state index is 13.2. The molecular formula is C23H17N5O2. The highest BCUT2D eigenvalue weighted by molar-refractivity contribution is 5.90. The van der Waals surface area contributed by atoms with Gasteiger partial charge in [-0.15, -0.1) is 0 Å². The van der Waals surface area contributed by atoms with Crippen molar-refractivity contribution < 1.29 is 4.42 Å². The molecule has 7 heteroatoms. The molecule has 0 amide bonds. The Kier molecular flexibility index (Phi) is 4.46. The number of para-hydroxylation sites is 1. The number of rotatable bonds is 5. The number of benzene rings is 2. The number of nitrogens with zero attached hydrogens (tertiary/aromatic N) is 3. The van der Waals surface area contributed by atoms with Gasteiger partial charge in [0.25, 0.3) is 5.56 Å². The van der Waals surface area contributed by atoms with Gasteiger partial charge in [0, 0.05) is 17.8 Å². The zero-order chi connectivity index (χ0) is 20.3. The Balaban J connectivity index is 1.58. The normalized spacial score (nSPS) is 11.3. The molecule has 0 bridgehead atoms. The molecule has 0 saturated heterocycles. The van der Waals surface area contributed by atoms with E-state index in [1.54, 1.807) is 24.6 Å². The fourth-order valence-electron chi connectivity index (χ4n) is 3.22. The first-order valence-corrected chi connectivity index (χ1v) is 9.39. The fourth-order valence-corrected chi connectivity index (χ4v) is 3.22. The molecule has 0 radical (unpaired) electrons. The third-order valence-corrected chi connectivity index (χ3v) is 4.68. The van der Waals surface area contributed by atoms with E-state index in [1.807, 2.05) is 66.7 Å². The van der Waals surface area contributed by atoms with Gasteiger partial charge < -0.3 is 4.42 Å². The molecule has 0 spiro atoms. The molecular weight excluding hydrogens is 378 g/mol. The van der Waals surface area contributed by atoms with E-state index in [2.05, 4.69) is 20.3 Å². The highest BCUT2D eigenvalue weighted by atomic mass is 16.3. The molecule has 7 nitrogen and oxygen atoms in total. The standard InChI is InChI=1S/C23H17N5O2/c29-23-18(15-24-21-14-19(25-26-21)20-12-7-13-30-20)22(16-8-3-1-4-9-16)27-28(23)17-10-5-2-6-11-17/h1-15,27H,(H,25,26). The molecule has 3 aromatic heterocycles. The molecule has 0 fully saturated rings. The number of furan rings is 1. The number of hydrogen-bond donors (Lipinski definition) is 2. The summed E-state index contributed by atoms with van der Waals surface area (Å²) in [6.07, 6.45) is 3.14. The van der Waals surface area contributed by atoms with Crippen molar-refractivity contribution in [2.45, 2.75) is 0 Å². The summed E-state index contributed by atoms with van der Waals surface area (Å²) < 4.78 is 6.88. The van der Waals surface area contributed by atoms with E-state index in [1.165, 1.54) is 4.68 Å². The Labute approximate surface area is 171 Å². The van der Waals surface area contributed by atoms with Crippen molar-refractivity contribution >= 4 is 12.0 Å². The second-order valence-corrected chi connectivity index (χ2v) is 6.62. The highest BCUT2D eigenvalue weighted by Gasteiger charge is 2.15. The SMILES string of the molecule is O=c1c(C=Nc2cc(-c3ccco3)[nH]n2)c(-c2ccccc2)[nH]n1-c1ccccc1. The number of H-pyrrole nitrogens is 2. The van der Waals surface area contributed by atoms with Gasteiger partial charge in [0.2, 0.25) is 0 Å². The predicted octanol–water partition coefficient (Wildman–Crippen LogP) is 4.57. The minimum absolute atomic E-state index is 0.189. The maximum Gasteiger partial charge on any atom is 0.280 e. The van der Waals surface area contributed by atoms with Crippen LogP contribution in [0.5, 0.6) is 0 Å². The van der Waals surface area contributed by atoms with Crippen LogP contribution in [0.1, 0.15) is 5.56 Å². The lowest BCUT2D eigenvalue weighted by molar-refractivity contribution is 0.580. The van der Waals surface area contributed by atoms with E-state index in [-0.39, 0.29) is 5.56 Å². The number of aromatic nitrogens is 4. The van der Waals surface area contributed by atoms with Crippen LogP contribution in [0.25, 0.3) is 28.4 Å². The van der Waals surface area contributed by atoms with Crippen LogP contribution in [0.15, 0.2) is 99.3 Å². The quantitative estimate of drug-likeness (QED) is 0.427. The first-order valence-electron chi connectivity index (χ1n) is 9.39. The summed E-state index contributed by atoms with van der Waals surface area (Å²) in [6.45, 7) is 0. The molecule has 0 aliphatic rings. The average molecular weight is 395 g/mol. The van der Waals surface area contributed by atoms with Gasteiger partial charge in [-0.05, 0) is 24.3 Å². The van der Waals surface area contributed by atoms with Crippen molar-refractivity contribution in [3.05, 3.63) is 101 Å². The van der Waals surface area contributed by atoms with Crippen molar-refractivity contribution in [1.82, 2.24) is 20.0 Å². The van der Waals surface area contributed by atoms with Gasteiger partial charge in [-0.3, -0.25) is 15.0 Å². The second-order valence-electron chi connectivity index (χ2n) is 6.62. The summed E-state index contributed by atoms with van der Waals surface area (Å²) in [7, 11) is 0. The van der Waals surface area contributed by atoms with Crippen molar-refractivity contribution in [3.8, 4) is 28.4 Å². The van der Waals surface area contributed by atoms with Crippen LogP contribution < -0.4 is 5.56 Å². The predicted molar refractivity (Wildman–Crippen MR) is 115 cm³/mol. The molecule has 0 unspecified atom stereocenters. The lowest BCUT2D eigenvalue weighted by Crippen LogP contribution is -2.17. The molecule has 0 saturated carbocycles. The summed E-state index contributed by atoms with van der Waals surface area (Å²) in [5.74, 6) is 1.12. The Hall–Kier alpha value is -4.39. The van der Waals surface area contributed by atoms with Crippen molar-refractivity contribution in [2.75, 3.05) is 0 Å². The third kappa shape index (κ3) is 3.29. The van der Waals surface area contributed by atoms with Crippen LogP contribution in [-0.4, -0.2) is 26.2 Å². The van der Waals surface area contributed by atoms with Crippen LogP contribution in [0.2, 0.25) is 0 Å². The van der Waals surface area contributed by atoms with E-state index < -0.39 is 0 Å². The molecule has 0 aliphatic heterocycles. The van der Waals surface area contributed by atoms with Crippen molar-refractivity contribution in [1.29, 1.82) is 0 Å². The van der Waals surface area contributed by atoms with Gasteiger partial charge in [-0.1, -0.05) is 48.5 Å². The summed E-state index contributed by atoms with van der Waals surface area (Å²) in [5, 5.41) is 10.3. The van der Waals surface area contributed by atoms with Crippen molar-refractivity contribution in [3.63, 3.8) is 0 Å². The summed E-state index contributed by atoms with van der Waals surface area (Å²) in [6, 6.07) is 24.5. The lowest BCUT2D eigenvalue weighted by Gasteiger charge is -2.01. The fraction of sp³-hybridized carbons (Fsp3) is 0. The second kappa shape index (κ2) is 7.56. The molecule has 0 aliphatic carbocycles. The maximum atomic E-state index is 13.2. The zero-order valence-corrected chi connectivity index (χ0v) is 15.8. The van der Waals surface area contributed by atoms with Crippen LogP contribution in [0, 0.1) is 0 Å². The Morgan fingerprint density at radius 3 is 2.47 bits per heavy atom. The van der Waals surface area contributed by atoms with Crippen LogP contribution >= 0.6 is 0 Å². The number of hydrogen-bond acceptors (Lipinski definition) is 4. The monoisotopic (exact) mass is 395 g/mol. The molecule has 3 heterocycles. The molecule has 2 N–H and O–H groups in total.